The quantitative estimate of drug-likeness (QED) is 0.735. The molecule has 2 N–H and O–H groups in total. The molecule has 0 radical (unpaired) electrons. The van der Waals surface area contributed by atoms with E-state index in [0.29, 0.717) is 18.7 Å². The van der Waals surface area contributed by atoms with Gasteiger partial charge in [-0.1, -0.05) is 6.42 Å². The standard InChI is InChI=1S/C22H27N3O5/c26-18-11-15-10-16(9-14-5-4-8-25(18)19(14)15)24-21(28)20(27)23-12-17-13-29-22(30-17)6-2-1-3-7-22/h9-10,17H,1-8,11-13H2,(H,23,27)(H,24,28). The van der Waals surface area contributed by atoms with Gasteiger partial charge in [0.25, 0.3) is 0 Å². The molecule has 160 valence electrons. The number of amides is 3. The predicted molar refractivity (Wildman–Crippen MR) is 109 cm³/mol. The van der Waals surface area contributed by atoms with Gasteiger partial charge in [0.1, 0.15) is 6.10 Å². The highest BCUT2D eigenvalue weighted by atomic mass is 16.7. The zero-order valence-corrected chi connectivity index (χ0v) is 17.0. The first-order valence-corrected chi connectivity index (χ1v) is 10.9. The third kappa shape index (κ3) is 3.58. The Hall–Kier alpha value is -2.45. The molecule has 3 amide bonds. The summed E-state index contributed by atoms with van der Waals surface area (Å²) in [5.41, 5.74) is 3.52. The van der Waals surface area contributed by atoms with Gasteiger partial charge in [-0.15, -0.1) is 0 Å². The molecule has 2 fully saturated rings. The van der Waals surface area contributed by atoms with E-state index in [1.807, 2.05) is 11.0 Å². The first-order chi connectivity index (χ1) is 14.5. The highest BCUT2D eigenvalue weighted by Crippen LogP contribution is 2.39. The van der Waals surface area contributed by atoms with Gasteiger partial charge in [-0.3, -0.25) is 14.4 Å². The molecule has 1 saturated heterocycles. The van der Waals surface area contributed by atoms with Gasteiger partial charge >= 0.3 is 11.8 Å². The Morgan fingerprint density at radius 2 is 1.90 bits per heavy atom. The summed E-state index contributed by atoms with van der Waals surface area (Å²) in [5.74, 6) is -1.81. The molecule has 8 heteroatoms. The molecule has 5 rings (SSSR count). The summed E-state index contributed by atoms with van der Waals surface area (Å²) in [4.78, 5) is 38.7. The largest absolute Gasteiger partial charge is 0.347 e. The van der Waals surface area contributed by atoms with Crippen LogP contribution in [0.25, 0.3) is 0 Å². The maximum atomic E-state index is 12.4. The minimum Gasteiger partial charge on any atom is -0.347 e. The molecule has 1 unspecified atom stereocenters. The van der Waals surface area contributed by atoms with Crippen LogP contribution in [0.5, 0.6) is 0 Å². The molecule has 1 saturated carbocycles. The van der Waals surface area contributed by atoms with E-state index in [9.17, 15) is 14.4 Å². The number of ether oxygens (including phenoxy) is 2. The number of hydrogen-bond donors (Lipinski definition) is 2. The van der Waals surface area contributed by atoms with Crippen LogP contribution in [0.4, 0.5) is 11.4 Å². The smallest absolute Gasteiger partial charge is 0.313 e. The number of nitrogens with zero attached hydrogens (tertiary/aromatic N) is 1. The van der Waals surface area contributed by atoms with Crippen LogP contribution < -0.4 is 15.5 Å². The first kappa shape index (κ1) is 19.5. The van der Waals surface area contributed by atoms with Crippen LogP contribution in [0.1, 0.15) is 49.7 Å². The molecule has 1 atom stereocenters. The molecule has 0 bridgehead atoms. The van der Waals surface area contributed by atoms with Crippen LogP contribution >= 0.6 is 0 Å². The van der Waals surface area contributed by atoms with Gasteiger partial charge in [-0.05, 0) is 48.9 Å². The lowest BCUT2D eigenvalue weighted by Gasteiger charge is -2.31. The second-order valence-corrected chi connectivity index (χ2v) is 8.66. The van der Waals surface area contributed by atoms with Gasteiger partial charge in [0.15, 0.2) is 5.79 Å². The molecule has 0 aromatic heterocycles. The highest BCUT2D eigenvalue weighted by molar-refractivity contribution is 6.39. The SMILES string of the molecule is O=C(NCC1COC2(CCCCC2)O1)C(=O)Nc1cc2c3c(c1)CC(=O)N3CCC2. The Morgan fingerprint density at radius 3 is 2.73 bits per heavy atom. The van der Waals surface area contributed by atoms with Crippen LogP contribution in [-0.4, -0.2) is 49.3 Å². The molecule has 1 aromatic carbocycles. The maximum absolute atomic E-state index is 12.4. The molecule has 1 spiro atoms. The van der Waals surface area contributed by atoms with Crippen LogP contribution in [0.15, 0.2) is 12.1 Å². The fraction of sp³-hybridized carbons (Fsp3) is 0.591. The zero-order valence-electron chi connectivity index (χ0n) is 17.0. The Morgan fingerprint density at radius 1 is 1.10 bits per heavy atom. The summed E-state index contributed by atoms with van der Waals surface area (Å²) in [6.45, 7) is 1.43. The first-order valence-electron chi connectivity index (χ1n) is 10.9. The Bertz CT molecular complexity index is 893. The summed E-state index contributed by atoms with van der Waals surface area (Å²) >= 11 is 0. The number of carbonyl (C=O) groups is 3. The normalized spacial score (nSPS) is 24.1. The topological polar surface area (TPSA) is 97.0 Å². The summed E-state index contributed by atoms with van der Waals surface area (Å²) in [6, 6.07) is 3.67. The van der Waals surface area contributed by atoms with Gasteiger partial charge in [0.05, 0.1) is 18.7 Å². The lowest BCUT2D eigenvalue weighted by Crippen LogP contribution is -2.41. The molecule has 3 heterocycles. The van der Waals surface area contributed by atoms with E-state index in [4.69, 9.17) is 9.47 Å². The monoisotopic (exact) mass is 413 g/mol. The van der Waals surface area contributed by atoms with Crippen molar-refractivity contribution in [3.8, 4) is 0 Å². The maximum Gasteiger partial charge on any atom is 0.313 e. The van der Waals surface area contributed by atoms with Crippen molar-refractivity contribution in [2.24, 2.45) is 0 Å². The van der Waals surface area contributed by atoms with E-state index < -0.39 is 17.6 Å². The highest BCUT2D eigenvalue weighted by Gasteiger charge is 2.42. The van der Waals surface area contributed by atoms with Crippen molar-refractivity contribution in [1.29, 1.82) is 0 Å². The van der Waals surface area contributed by atoms with Crippen LogP contribution in [0, 0.1) is 0 Å². The number of anilines is 2. The molecule has 1 aromatic rings. The Kier molecular flexibility index (Phi) is 4.99. The predicted octanol–water partition coefficient (Wildman–Crippen LogP) is 1.65. The van der Waals surface area contributed by atoms with Crippen molar-refractivity contribution >= 4 is 29.1 Å². The lowest BCUT2D eigenvalue weighted by molar-refractivity contribution is -0.186. The average Bonchev–Trinajstić information content (AvgIpc) is 3.28. The average molecular weight is 413 g/mol. The molecular weight excluding hydrogens is 386 g/mol. The number of hydrogen-bond acceptors (Lipinski definition) is 5. The van der Waals surface area contributed by atoms with Crippen LogP contribution in [0.2, 0.25) is 0 Å². The third-order valence-electron chi connectivity index (χ3n) is 6.49. The van der Waals surface area contributed by atoms with Crippen molar-refractivity contribution in [2.75, 3.05) is 29.9 Å². The van der Waals surface area contributed by atoms with Crippen molar-refractivity contribution in [1.82, 2.24) is 5.32 Å². The van der Waals surface area contributed by atoms with Crippen LogP contribution in [-0.2, 0) is 36.7 Å². The van der Waals surface area contributed by atoms with E-state index in [-0.39, 0.29) is 18.6 Å². The number of rotatable bonds is 3. The minimum absolute atomic E-state index is 0.0988. The summed E-state index contributed by atoms with van der Waals surface area (Å²) in [6.07, 6.45) is 7.04. The molecule has 1 aliphatic carbocycles. The molecule has 3 aliphatic heterocycles. The van der Waals surface area contributed by atoms with E-state index in [2.05, 4.69) is 10.6 Å². The van der Waals surface area contributed by atoms with Gasteiger partial charge < -0.3 is 25.0 Å². The summed E-state index contributed by atoms with van der Waals surface area (Å²) < 4.78 is 11.9. The Balaban J connectivity index is 1.17. The summed E-state index contributed by atoms with van der Waals surface area (Å²) in [5, 5.41) is 5.33. The van der Waals surface area contributed by atoms with Gasteiger partial charge in [0.2, 0.25) is 5.91 Å². The number of nitrogens with one attached hydrogen (secondary N) is 2. The van der Waals surface area contributed by atoms with E-state index in [0.717, 1.165) is 61.9 Å². The van der Waals surface area contributed by atoms with Crippen molar-refractivity contribution in [3.05, 3.63) is 23.3 Å². The van der Waals surface area contributed by atoms with Gasteiger partial charge in [0, 0.05) is 31.6 Å². The number of aryl methyl sites for hydroxylation is 1. The summed E-state index contributed by atoms with van der Waals surface area (Å²) in [7, 11) is 0. The molecule has 30 heavy (non-hydrogen) atoms. The molecular formula is C22H27N3O5. The van der Waals surface area contributed by atoms with Gasteiger partial charge in [-0.25, -0.2) is 0 Å². The molecule has 4 aliphatic rings. The van der Waals surface area contributed by atoms with Crippen molar-refractivity contribution < 1.29 is 23.9 Å². The zero-order chi connectivity index (χ0) is 20.7. The van der Waals surface area contributed by atoms with Gasteiger partial charge in [-0.2, -0.15) is 0 Å². The second-order valence-electron chi connectivity index (χ2n) is 8.66. The third-order valence-corrected chi connectivity index (χ3v) is 6.49. The number of carbonyl (C=O) groups excluding carboxylic acids is 3. The van der Waals surface area contributed by atoms with Crippen molar-refractivity contribution in [3.63, 3.8) is 0 Å². The second kappa shape index (κ2) is 7.67. The minimum atomic E-state index is -0.717. The lowest BCUT2D eigenvalue weighted by atomic mass is 9.94. The molecule has 8 nitrogen and oxygen atoms in total. The van der Waals surface area contributed by atoms with E-state index >= 15 is 0 Å². The van der Waals surface area contributed by atoms with Crippen LogP contribution in [0.3, 0.4) is 0 Å². The fourth-order valence-electron chi connectivity index (χ4n) is 5.10. The Labute approximate surface area is 175 Å². The fourth-order valence-corrected chi connectivity index (χ4v) is 5.10. The van der Waals surface area contributed by atoms with E-state index in [1.54, 1.807) is 6.07 Å². The van der Waals surface area contributed by atoms with Crippen molar-refractivity contribution in [2.45, 2.75) is 63.3 Å². The number of benzene rings is 1. The van der Waals surface area contributed by atoms with E-state index in [1.165, 1.54) is 6.42 Å².